The van der Waals surface area contributed by atoms with Crippen LogP contribution < -0.4 is 5.32 Å². The van der Waals surface area contributed by atoms with Crippen LogP contribution in [0.3, 0.4) is 0 Å². The minimum absolute atomic E-state index is 0.00762. The summed E-state index contributed by atoms with van der Waals surface area (Å²) >= 11 is 0. The van der Waals surface area contributed by atoms with E-state index in [1.54, 1.807) is 55.5 Å². The van der Waals surface area contributed by atoms with E-state index in [-0.39, 0.29) is 23.8 Å². The van der Waals surface area contributed by atoms with Gasteiger partial charge in [0.05, 0.1) is 0 Å². The molecule has 1 aromatic carbocycles. The summed E-state index contributed by atoms with van der Waals surface area (Å²) in [4.78, 5) is 68.6. The van der Waals surface area contributed by atoms with E-state index in [0.717, 1.165) is 50.5 Å². The maximum absolute atomic E-state index is 14.5. The van der Waals surface area contributed by atoms with E-state index < -0.39 is 29.7 Å². The number of ether oxygens (including phenoxy) is 1. The normalized spacial score (nSPS) is 18.1. The number of imidazole rings is 1. The number of nitrogens with one attached hydrogen (secondary N) is 1. The lowest BCUT2D eigenvalue weighted by atomic mass is 9.83. The molecule has 1 N–H and O–H groups in total. The van der Waals surface area contributed by atoms with Gasteiger partial charge in [-0.15, -0.1) is 0 Å². The molecule has 0 radical (unpaired) electrons. The summed E-state index contributed by atoms with van der Waals surface area (Å²) in [6.07, 6.45) is 11.5. The van der Waals surface area contributed by atoms with Crippen molar-refractivity contribution < 1.29 is 23.9 Å². The topological polar surface area (TPSA) is 129 Å². The highest BCUT2D eigenvalue weighted by atomic mass is 16.6. The fourth-order valence-corrected chi connectivity index (χ4v) is 6.82. The van der Waals surface area contributed by atoms with Crippen LogP contribution in [0.25, 0.3) is 5.78 Å². The van der Waals surface area contributed by atoms with Gasteiger partial charge >= 0.3 is 6.09 Å². The number of rotatable bonds is 11. The van der Waals surface area contributed by atoms with Crippen molar-refractivity contribution in [2.45, 2.75) is 103 Å². The van der Waals surface area contributed by atoms with Crippen LogP contribution in [0.1, 0.15) is 88.7 Å². The summed E-state index contributed by atoms with van der Waals surface area (Å²) in [5.74, 6) is -0.289. The summed E-state index contributed by atoms with van der Waals surface area (Å²) < 4.78 is 7.21. The smallest absolute Gasteiger partial charge is 0.410 e. The number of benzene rings is 1. The molecule has 264 valence electrons. The summed E-state index contributed by atoms with van der Waals surface area (Å²) in [6.45, 7) is 8.33. The lowest BCUT2D eigenvalue weighted by Crippen LogP contribution is -2.58. The zero-order valence-corrected chi connectivity index (χ0v) is 29.5. The number of aromatic nitrogens is 3. The van der Waals surface area contributed by atoms with Gasteiger partial charge in [0, 0.05) is 51.3 Å². The molecule has 0 spiro atoms. The van der Waals surface area contributed by atoms with Gasteiger partial charge in [-0.2, -0.15) is 0 Å². The number of likely N-dealkylation sites (tertiary alicyclic amines) is 1. The summed E-state index contributed by atoms with van der Waals surface area (Å²) in [5, 5.41) is 3.07. The molecular formula is C37H51N7O5. The third-order valence-electron chi connectivity index (χ3n) is 9.67. The molecule has 1 aliphatic carbocycles. The number of amides is 4. The predicted molar refractivity (Wildman–Crippen MR) is 186 cm³/mol. The first-order valence-corrected chi connectivity index (χ1v) is 17.6. The molecule has 2 fully saturated rings. The monoisotopic (exact) mass is 673 g/mol. The molecule has 12 heteroatoms. The highest BCUT2D eigenvalue weighted by Crippen LogP contribution is 2.30. The third kappa shape index (κ3) is 9.16. The first-order valence-electron chi connectivity index (χ1n) is 17.6. The third-order valence-corrected chi connectivity index (χ3v) is 9.67. The second kappa shape index (κ2) is 15.8. The first-order chi connectivity index (χ1) is 23.4. The van der Waals surface area contributed by atoms with Crippen molar-refractivity contribution >= 4 is 29.6 Å². The van der Waals surface area contributed by atoms with Gasteiger partial charge in [-0.3, -0.25) is 23.7 Å². The van der Waals surface area contributed by atoms with Gasteiger partial charge in [-0.1, -0.05) is 49.6 Å². The van der Waals surface area contributed by atoms with Crippen LogP contribution in [-0.4, -0.2) is 103 Å². The van der Waals surface area contributed by atoms with Crippen molar-refractivity contribution in [3.05, 3.63) is 66.2 Å². The fraction of sp³-hybridized carbons (Fsp3) is 0.568. The molecule has 2 aromatic heterocycles. The van der Waals surface area contributed by atoms with Crippen molar-refractivity contribution in [3.63, 3.8) is 0 Å². The second-order valence-electron chi connectivity index (χ2n) is 14.4. The second-order valence-corrected chi connectivity index (χ2v) is 14.4. The molecule has 3 atom stereocenters. The standard InChI is InChI=1S/C37H51N7O5/c1-26(41(5)36(48)49-37(2,3)4)32(45)40-31(28-16-10-7-11-17-28)34(47)44-22-12-18-29(44)24-42(23-19-27-14-8-6-9-15-27)33(46)30-25-43-21-13-20-38-35(43)39-30/h6,8-9,13-15,20-21,25-26,28-29,31H,7,10-12,16-19,22-24H2,1-5H3,(H,40,45). The van der Waals surface area contributed by atoms with Gasteiger partial charge in [-0.25, -0.2) is 14.8 Å². The number of nitrogens with zero attached hydrogens (tertiary/aromatic N) is 6. The fourth-order valence-electron chi connectivity index (χ4n) is 6.82. The molecule has 1 saturated heterocycles. The molecule has 49 heavy (non-hydrogen) atoms. The minimum atomic E-state index is -0.839. The Balaban J connectivity index is 1.34. The van der Waals surface area contributed by atoms with Crippen molar-refractivity contribution in [2.24, 2.45) is 5.92 Å². The van der Waals surface area contributed by atoms with Crippen molar-refractivity contribution in [1.82, 2.24) is 34.4 Å². The molecule has 1 saturated carbocycles. The van der Waals surface area contributed by atoms with E-state index in [1.165, 1.54) is 11.9 Å². The van der Waals surface area contributed by atoms with E-state index in [1.807, 2.05) is 41.4 Å². The SMILES string of the molecule is CC(C(=O)NC(C(=O)N1CCCC1CN(CCc1ccccc1)C(=O)c1cn2cccnc2n1)C1CCCCC1)N(C)C(=O)OC(C)(C)C. The minimum Gasteiger partial charge on any atom is -0.444 e. The molecule has 12 nitrogen and oxygen atoms in total. The largest absolute Gasteiger partial charge is 0.444 e. The van der Waals surface area contributed by atoms with E-state index in [4.69, 9.17) is 4.74 Å². The predicted octanol–water partition coefficient (Wildman–Crippen LogP) is 4.73. The van der Waals surface area contributed by atoms with E-state index in [0.29, 0.717) is 37.5 Å². The Hall–Kier alpha value is -4.48. The number of hydrogen-bond donors (Lipinski definition) is 1. The Kier molecular flexibility index (Phi) is 11.6. The Morgan fingerprint density at radius 2 is 1.76 bits per heavy atom. The van der Waals surface area contributed by atoms with Crippen LogP contribution in [0.5, 0.6) is 0 Å². The highest BCUT2D eigenvalue weighted by molar-refractivity contribution is 5.93. The zero-order chi connectivity index (χ0) is 35.1. The maximum Gasteiger partial charge on any atom is 0.410 e. The molecule has 4 amide bonds. The van der Waals surface area contributed by atoms with Crippen molar-refractivity contribution in [2.75, 3.05) is 26.7 Å². The molecular weight excluding hydrogens is 622 g/mol. The van der Waals surface area contributed by atoms with Crippen LogP contribution in [0.2, 0.25) is 0 Å². The summed E-state index contributed by atoms with van der Waals surface area (Å²) in [6, 6.07) is 10.0. The van der Waals surface area contributed by atoms with Gasteiger partial charge in [0.1, 0.15) is 23.4 Å². The van der Waals surface area contributed by atoms with Crippen LogP contribution in [0, 0.1) is 5.92 Å². The molecule has 0 bridgehead atoms. The summed E-state index contributed by atoms with van der Waals surface area (Å²) in [5.41, 5.74) is 0.714. The Bertz CT molecular complexity index is 1560. The molecule has 1 aliphatic heterocycles. The molecule has 3 heterocycles. The van der Waals surface area contributed by atoms with Crippen LogP contribution in [0.4, 0.5) is 4.79 Å². The lowest BCUT2D eigenvalue weighted by molar-refractivity contribution is -0.140. The van der Waals surface area contributed by atoms with Gasteiger partial charge in [0.15, 0.2) is 0 Å². The Labute approximate surface area is 289 Å². The van der Waals surface area contributed by atoms with Gasteiger partial charge in [-0.05, 0) is 77.3 Å². The average molecular weight is 674 g/mol. The van der Waals surface area contributed by atoms with E-state index in [9.17, 15) is 19.2 Å². The first kappa shape index (κ1) is 35.8. The zero-order valence-electron chi connectivity index (χ0n) is 29.5. The van der Waals surface area contributed by atoms with Gasteiger partial charge < -0.3 is 19.9 Å². The summed E-state index contributed by atoms with van der Waals surface area (Å²) in [7, 11) is 1.53. The van der Waals surface area contributed by atoms with Crippen LogP contribution in [-0.2, 0) is 20.7 Å². The molecule has 5 rings (SSSR count). The van der Waals surface area contributed by atoms with E-state index in [2.05, 4.69) is 15.3 Å². The maximum atomic E-state index is 14.5. The number of carbonyl (C=O) groups excluding carboxylic acids is 4. The van der Waals surface area contributed by atoms with Gasteiger partial charge in [0.25, 0.3) is 5.91 Å². The number of likely N-dealkylation sites (N-methyl/N-ethyl adjacent to an activating group) is 1. The Morgan fingerprint density at radius 1 is 1.02 bits per heavy atom. The van der Waals surface area contributed by atoms with Crippen LogP contribution >= 0.6 is 0 Å². The lowest BCUT2D eigenvalue weighted by Gasteiger charge is -2.37. The molecule has 3 aromatic rings. The Morgan fingerprint density at radius 3 is 2.45 bits per heavy atom. The number of carbonyl (C=O) groups is 4. The molecule has 3 unspecified atom stereocenters. The number of hydrogen-bond acceptors (Lipinski definition) is 7. The van der Waals surface area contributed by atoms with Gasteiger partial charge in [0.2, 0.25) is 17.6 Å². The van der Waals surface area contributed by atoms with Crippen molar-refractivity contribution in [3.8, 4) is 0 Å². The highest BCUT2D eigenvalue weighted by Gasteiger charge is 2.40. The average Bonchev–Trinajstić information content (AvgIpc) is 3.75. The van der Waals surface area contributed by atoms with Crippen LogP contribution in [0.15, 0.2) is 55.0 Å². The van der Waals surface area contributed by atoms with Crippen molar-refractivity contribution in [1.29, 1.82) is 0 Å². The quantitative estimate of drug-likeness (QED) is 0.312. The number of fused-ring (bicyclic) bond motifs is 1. The van der Waals surface area contributed by atoms with E-state index >= 15 is 0 Å². The molecule has 2 aliphatic rings.